The molecule has 1 aromatic heterocycles. The van der Waals surface area contributed by atoms with Crippen LogP contribution in [0.2, 0.25) is 0 Å². The van der Waals surface area contributed by atoms with E-state index in [9.17, 15) is 14.0 Å². The second-order valence-electron chi connectivity index (χ2n) is 4.86. The summed E-state index contributed by atoms with van der Waals surface area (Å²) >= 11 is 1.26. The molecule has 1 N–H and O–H groups in total. The van der Waals surface area contributed by atoms with Crippen molar-refractivity contribution in [3.05, 3.63) is 70.4 Å². The van der Waals surface area contributed by atoms with Gasteiger partial charge in [-0.15, -0.1) is 11.8 Å². The van der Waals surface area contributed by atoms with Crippen molar-refractivity contribution in [1.82, 2.24) is 10.2 Å². The highest BCUT2D eigenvalue weighted by atomic mass is 32.2. The highest BCUT2D eigenvalue weighted by Crippen LogP contribution is 2.21. The number of fused-ring (bicyclic) bond motifs is 1. The Morgan fingerprint density at radius 3 is 2.62 bits per heavy atom. The summed E-state index contributed by atoms with van der Waals surface area (Å²) in [7, 11) is 0. The average Bonchev–Trinajstić information content (AvgIpc) is 2.60. The molecule has 0 bridgehead atoms. The van der Waals surface area contributed by atoms with E-state index in [4.69, 9.17) is 4.74 Å². The van der Waals surface area contributed by atoms with Crippen LogP contribution in [0, 0.1) is 5.82 Å². The molecule has 2 aromatic carbocycles. The molecule has 5 nitrogen and oxygen atoms in total. The highest BCUT2D eigenvalue weighted by molar-refractivity contribution is 7.99. The van der Waals surface area contributed by atoms with Gasteiger partial charge in [-0.1, -0.05) is 30.3 Å². The highest BCUT2D eigenvalue weighted by Gasteiger charge is 2.15. The number of hydrogen-bond acceptors (Lipinski definition) is 5. The number of nitrogens with one attached hydrogen (secondary N) is 1. The average molecular weight is 344 g/mol. The molecule has 3 aromatic rings. The van der Waals surface area contributed by atoms with Crippen LogP contribution in [0.3, 0.4) is 0 Å². The minimum absolute atomic E-state index is 0.0566. The SMILES string of the molecule is O=C(OCCSc1ccccc1F)c1n[nH]c(=O)c2ccccc12. The van der Waals surface area contributed by atoms with E-state index >= 15 is 0 Å². The minimum Gasteiger partial charge on any atom is -0.460 e. The number of benzene rings is 2. The van der Waals surface area contributed by atoms with E-state index in [1.165, 1.54) is 17.8 Å². The smallest absolute Gasteiger partial charge is 0.359 e. The van der Waals surface area contributed by atoms with Gasteiger partial charge in [-0.25, -0.2) is 14.3 Å². The summed E-state index contributed by atoms with van der Waals surface area (Å²) in [6.45, 7) is 0.104. The van der Waals surface area contributed by atoms with Crippen LogP contribution >= 0.6 is 11.8 Å². The van der Waals surface area contributed by atoms with E-state index in [0.717, 1.165) is 0 Å². The lowest BCUT2D eigenvalue weighted by atomic mass is 10.1. The van der Waals surface area contributed by atoms with Crippen LogP contribution < -0.4 is 5.56 Å². The van der Waals surface area contributed by atoms with Crippen molar-refractivity contribution in [3.8, 4) is 0 Å². The number of carbonyl (C=O) groups excluding carboxylic acids is 1. The summed E-state index contributed by atoms with van der Waals surface area (Å²) in [5.41, 5.74) is -0.307. The van der Waals surface area contributed by atoms with E-state index in [1.807, 2.05) is 0 Å². The molecule has 3 rings (SSSR count). The third-order valence-corrected chi connectivity index (χ3v) is 4.31. The van der Waals surface area contributed by atoms with Crippen LogP contribution in [0.15, 0.2) is 58.2 Å². The number of hydrogen-bond donors (Lipinski definition) is 1. The molecule has 0 aliphatic heterocycles. The van der Waals surface area contributed by atoms with E-state index in [0.29, 0.717) is 21.4 Å². The molecule has 0 aliphatic carbocycles. The fourth-order valence-electron chi connectivity index (χ4n) is 2.19. The fourth-order valence-corrected chi connectivity index (χ4v) is 2.95. The van der Waals surface area contributed by atoms with E-state index in [1.54, 1.807) is 42.5 Å². The van der Waals surface area contributed by atoms with Crippen LogP contribution in [0.25, 0.3) is 10.8 Å². The number of thioether (sulfide) groups is 1. The Hall–Kier alpha value is -2.67. The molecule has 0 aliphatic rings. The fraction of sp³-hybridized carbons (Fsp3) is 0.118. The first-order valence-electron chi connectivity index (χ1n) is 7.18. The van der Waals surface area contributed by atoms with Gasteiger partial charge < -0.3 is 4.74 Å². The lowest BCUT2D eigenvalue weighted by molar-refractivity contribution is 0.0524. The Morgan fingerprint density at radius 1 is 1.12 bits per heavy atom. The first-order chi connectivity index (χ1) is 11.7. The maximum atomic E-state index is 13.5. The molecule has 0 saturated carbocycles. The monoisotopic (exact) mass is 344 g/mol. The molecule has 24 heavy (non-hydrogen) atoms. The van der Waals surface area contributed by atoms with Crippen molar-refractivity contribution < 1.29 is 13.9 Å². The van der Waals surface area contributed by atoms with Gasteiger partial charge in [0.2, 0.25) is 0 Å². The van der Waals surface area contributed by atoms with Crippen LogP contribution in [-0.2, 0) is 4.74 Å². The molecule has 0 spiro atoms. The number of ether oxygens (including phenoxy) is 1. The first kappa shape index (κ1) is 16.2. The summed E-state index contributed by atoms with van der Waals surface area (Å²) in [6, 6.07) is 13.1. The summed E-state index contributed by atoms with van der Waals surface area (Å²) < 4.78 is 18.7. The Morgan fingerprint density at radius 2 is 1.83 bits per heavy atom. The molecule has 0 radical (unpaired) electrons. The molecule has 122 valence electrons. The van der Waals surface area contributed by atoms with Crippen LogP contribution in [-0.4, -0.2) is 28.5 Å². The second-order valence-corrected chi connectivity index (χ2v) is 6.00. The lowest BCUT2D eigenvalue weighted by Crippen LogP contribution is -2.16. The Balaban J connectivity index is 1.65. The summed E-state index contributed by atoms with van der Waals surface area (Å²) in [4.78, 5) is 24.4. The van der Waals surface area contributed by atoms with Crippen LogP contribution in [0.4, 0.5) is 4.39 Å². The Labute approximate surface area is 140 Å². The third kappa shape index (κ3) is 3.46. The number of carbonyl (C=O) groups is 1. The van der Waals surface area contributed by atoms with Gasteiger partial charge in [0.15, 0.2) is 5.69 Å². The zero-order chi connectivity index (χ0) is 16.9. The number of H-pyrrole nitrogens is 1. The summed E-state index contributed by atoms with van der Waals surface area (Å²) in [5, 5.41) is 6.88. The molecule has 7 heteroatoms. The molecular weight excluding hydrogens is 331 g/mol. The van der Waals surface area contributed by atoms with Crippen molar-refractivity contribution >= 4 is 28.5 Å². The summed E-state index contributed by atoms with van der Waals surface area (Å²) in [5.74, 6) is -0.521. The normalized spacial score (nSPS) is 10.7. The van der Waals surface area contributed by atoms with Crippen molar-refractivity contribution in [3.63, 3.8) is 0 Å². The van der Waals surface area contributed by atoms with E-state index in [-0.39, 0.29) is 23.7 Å². The number of rotatable bonds is 5. The van der Waals surface area contributed by atoms with Crippen molar-refractivity contribution in [2.75, 3.05) is 12.4 Å². The maximum absolute atomic E-state index is 13.5. The third-order valence-electron chi connectivity index (χ3n) is 3.30. The van der Waals surface area contributed by atoms with Crippen LogP contribution in [0.1, 0.15) is 10.5 Å². The molecule has 0 saturated heterocycles. The standard InChI is InChI=1S/C17H13FN2O3S/c18-13-7-3-4-8-14(13)24-10-9-23-17(22)15-11-5-1-2-6-12(11)16(21)20-19-15/h1-8H,9-10H2,(H,20,21). The molecule has 0 amide bonds. The van der Waals surface area contributed by atoms with Gasteiger partial charge in [0, 0.05) is 16.0 Å². The zero-order valence-electron chi connectivity index (χ0n) is 12.5. The minimum atomic E-state index is -0.628. The second kappa shape index (κ2) is 7.27. The lowest BCUT2D eigenvalue weighted by Gasteiger charge is -2.06. The van der Waals surface area contributed by atoms with Crippen molar-refractivity contribution in [2.45, 2.75) is 4.90 Å². The van der Waals surface area contributed by atoms with Gasteiger partial charge >= 0.3 is 5.97 Å². The largest absolute Gasteiger partial charge is 0.460 e. The van der Waals surface area contributed by atoms with Gasteiger partial charge in [-0.05, 0) is 18.2 Å². The van der Waals surface area contributed by atoms with Gasteiger partial charge in [0.05, 0.1) is 5.39 Å². The number of esters is 1. The van der Waals surface area contributed by atoms with Crippen LogP contribution in [0.5, 0.6) is 0 Å². The predicted octanol–water partition coefficient (Wildman–Crippen LogP) is 3.01. The van der Waals surface area contributed by atoms with E-state index < -0.39 is 5.97 Å². The molecule has 1 heterocycles. The number of halogens is 1. The van der Waals surface area contributed by atoms with Crippen molar-refractivity contribution in [1.29, 1.82) is 0 Å². The van der Waals surface area contributed by atoms with Crippen molar-refractivity contribution in [2.24, 2.45) is 0 Å². The topological polar surface area (TPSA) is 72.0 Å². The number of aromatic amines is 1. The van der Waals surface area contributed by atoms with Gasteiger partial charge in [-0.3, -0.25) is 4.79 Å². The summed E-state index contributed by atoms with van der Waals surface area (Å²) in [6.07, 6.45) is 0. The maximum Gasteiger partial charge on any atom is 0.359 e. The van der Waals surface area contributed by atoms with Gasteiger partial charge in [0.1, 0.15) is 12.4 Å². The van der Waals surface area contributed by atoms with Gasteiger partial charge in [-0.2, -0.15) is 5.10 Å². The first-order valence-corrected chi connectivity index (χ1v) is 8.17. The van der Waals surface area contributed by atoms with Gasteiger partial charge in [0.25, 0.3) is 5.56 Å². The molecule has 0 atom stereocenters. The Bertz CT molecular complexity index is 942. The molecule has 0 unspecified atom stereocenters. The number of aromatic nitrogens is 2. The van der Waals surface area contributed by atoms with E-state index in [2.05, 4.69) is 10.2 Å². The quantitative estimate of drug-likeness (QED) is 0.438. The zero-order valence-corrected chi connectivity index (χ0v) is 13.3. The molecular formula is C17H13FN2O3S. The molecule has 0 fully saturated rings. The predicted molar refractivity (Wildman–Crippen MR) is 89.8 cm³/mol. The Kier molecular flexibility index (Phi) is 4.90. The number of nitrogens with zero attached hydrogens (tertiary/aromatic N) is 1.